The molecule has 8 heteroatoms. The van der Waals surface area contributed by atoms with Crippen LogP contribution in [0.2, 0.25) is 0 Å². The Morgan fingerprint density at radius 1 is 1.28 bits per heavy atom. The summed E-state index contributed by atoms with van der Waals surface area (Å²) in [4.78, 5) is 6.34. The lowest BCUT2D eigenvalue weighted by molar-refractivity contribution is -0.136. The van der Waals surface area contributed by atoms with Crippen molar-refractivity contribution in [2.24, 2.45) is 0 Å². The van der Waals surface area contributed by atoms with Crippen LogP contribution in [-0.4, -0.2) is 35.2 Å². The summed E-state index contributed by atoms with van der Waals surface area (Å²) in [6.45, 7) is 3.66. The van der Waals surface area contributed by atoms with Crippen molar-refractivity contribution >= 4 is 11.1 Å². The Balaban J connectivity index is 1.64. The van der Waals surface area contributed by atoms with Crippen LogP contribution in [0.4, 0.5) is 13.2 Å². The van der Waals surface area contributed by atoms with E-state index < -0.39 is 11.7 Å². The average molecular weight is 405 g/mol. The number of hydrogen-bond acceptors (Lipinski definition) is 5. The summed E-state index contributed by atoms with van der Waals surface area (Å²) in [7, 11) is 1.63. The number of pyridine rings is 1. The number of fused-ring (bicyclic) bond motifs is 1. The number of ether oxygens (including phenoxy) is 1. The zero-order chi connectivity index (χ0) is 20.6. The third kappa shape index (κ3) is 3.94. The third-order valence-electron chi connectivity index (χ3n) is 5.39. The molecule has 0 amide bonds. The number of likely N-dealkylation sites (tertiary alicyclic amines) is 1. The molecule has 3 heterocycles. The van der Waals surface area contributed by atoms with Gasteiger partial charge in [0.2, 0.25) is 0 Å². The monoisotopic (exact) mass is 405 g/mol. The van der Waals surface area contributed by atoms with Crippen LogP contribution in [0, 0.1) is 6.92 Å². The summed E-state index contributed by atoms with van der Waals surface area (Å²) in [5.74, 6) is 0.658. The Morgan fingerprint density at radius 3 is 2.83 bits per heavy atom. The predicted octanol–water partition coefficient (Wildman–Crippen LogP) is 4.94. The van der Waals surface area contributed by atoms with Gasteiger partial charge in [0.05, 0.1) is 23.8 Å². The maximum atomic E-state index is 13.6. The number of piperidine rings is 1. The number of halogens is 3. The minimum atomic E-state index is -4.49. The van der Waals surface area contributed by atoms with Crippen molar-refractivity contribution in [3.63, 3.8) is 0 Å². The zero-order valence-electron chi connectivity index (χ0n) is 16.3. The van der Waals surface area contributed by atoms with Crippen LogP contribution in [0.25, 0.3) is 11.1 Å². The largest absolute Gasteiger partial charge is 0.496 e. The van der Waals surface area contributed by atoms with Gasteiger partial charge in [-0.25, -0.2) is 4.98 Å². The molecule has 154 valence electrons. The highest BCUT2D eigenvalue weighted by molar-refractivity contribution is 5.81. The molecule has 1 aliphatic heterocycles. The van der Waals surface area contributed by atoms with Gasteiger partial charge in [-0.3, -0.25) is 4.90 Å². The summed E-state index contributed by atoms with van der Waals surface area (Å²) in [5.41, 5.74) is 0.889. The van der Waals surface area contributed by atoms with Crippen molar-refractivity contribution in [3.05, 3.63) is 52.8 Å². The number of benzene rings is 1. The minimum Gasteiger partial charge on any atom is -0.496 e. The van der Waals surface area contributed by atoms with Gasteiger partial charge in [0.25, 0.3) is 5.71 Å². The van der Waals surface area contributed by atoms with Crippen LogP contribution < -0.4 is 4.74 Å². The molecule has 0 spiro atoms. The number of para-hydroxylation sites is 1. The maximum Gasteiger partial charge on any atom is 0.417 e. The van der Waals surface area contributed by atoms with E-state index >= 15 is 0 Å². The van der Waals surface area contributed by atoms with Crippen LogP contribution in [0.5, 0.6) is 5.75 Å². The summed E-state index contributed by atoms with van der Waals surface area (Å²) in [6.07, 6.45) is -2.86. The first-order valence-corrected chi connectivity index (χ1v) is 9.55. The number of aryl methyl sites for hydroxylation is 1. The molecule has 1 aliphatic rings. The van der Waals surface area contributed by atoms with Crippen LogP contribution in [0.15, 0.2) is 34.9 Å². The quantitative estimate of drug-likeness (QED) is 0.616. The van der Waals surface area contributed by atoms with Crippen LogP contribution in [0.1, 0.15) is 41.3 Å². The molecule has 1 unspecified atom stereocenters. The lowest BCUT2D eigenvalue weighted by Gasteiger charge is -2.32. The molecule has 5 nitrogen and oxygen atoms in total. The van der Waals surface area contributed by atoms with Gasteiger partial charge in [-0.15, -0.1) is 0 Å². The fourth-order valence-electron chi connectivity index (χ4n) is 4.10. The van der Waals surface area contributed by atoms with E-state index in [1.165, 1.54) is 6.92 Å². The summed E-state index contributed by atoms with van der Waals surface area (Å²) >= 11 is 0. The van der Waals surface area contributed by atoms with Crippen LogP contribution in [0.3, 0.4) is 0 Å². The van der Waals surface area contributed by atoms with E-state index in [9.17, 15) is 13.2 Å². The zero-order valence-corrected chi connectivity index (χ0v) is 16.3. The molecule has 1 saturated heterocycles. The van der Waals surface area contributed by atoms with Gasteiger partial charge in [-0.2, -0.15) is 13.2 Å². The Hall–Kier alpha value is -2.61. The number of rotatable bonds is 4. The van der Waals surface area contributed by atoms with Gasteiger partial charge in [0.15, 0.2) is 0 Å². The molecule has 0 aliphatic carbocycles. The highest BCUT2D eigenvalue weighted by Crippen LogP contribution is 2.40. The first-order chi connectivity index (χ1) is 13.9. The second kappa shape index (κ2) is 7.67. The van der Waals surface area contributed by atoms with Crippen molar-refractivity contribution in [1.82, 2.24) is 15.0 Å². The normalized spacial score (nSPS) is 18.3. The first kappa shape index (κ1) is 19.7. The lowest BCUT2D eigenvalue weighted by atomic mass is 9.91. The molecule has 29 heavy (non-hydrogen) atoms. The van der Waals surface area contributed by atoms with E-state index in [-0.39, 0.29) is 22.7 Å². The molecule has 0 N–H and O–H groups in total. The molecule has 0 radical (unpaired) electrons. The Labute approximate surface area is 166 Å². The number of methoxy groups -OCH3 is 1. The van der Waals surface area contributed by atoms with Crippen LogP contribution >= 0.6 is 0 Å². The molecule has 1 aromatic carbocycles. The molecular weight excluding hydrogens is 383 g/mol. The van der Waals surface area contributed by atoms with Gasteiger partial charge in [0.1, 0.15) is 5.75 Å². The summed E-state index contributed by atoms with van der Waals surface area (Å²) in [5, 5.41) is 4.01. The van der Waals surface area contributed by atoms with Gasteiger partial charge < -0.3 is 9.26 Å². The summed E-state index contributed by atoms with van der Waals surface area (Å²) in [6, 6.07) is 8.84. The van der Waals surface area contributed by atoms with Crippen molar-refractivity contribution < 1.29 is 22.4 Å². The van der Waals surface area contributed by atoms with E-state index in [1.54, 1.807) is 7.11 Å². The second-order valence-corrected chi connectivity index (χ2v) is 7.44. The predicted molar refractivity (Wildman–Crippen MR) is 102 cm³/mol. The molecule has 3 aromatic rings. The smallest absolute Gasteiger partial charge is 0.417 e. The molecular formula is C21H22F3N3O2. The third-order valence-corrected chi connectivity index (χ3v) is 5.39. The Bertz CT molecular complexity index is 1020. The molecule has 4 rings (SSSR count). The average Bonchev–Trinajstić information content (AvgIpc) is 3.11. The van der Waals surface area contributed by atoms with Gasteiger partial charge in [-0.1, -0.05) is 23.4 Å². The van der Waals surface area contributed by atoms with Crippen LogP contribution in [-0.2, 0) is 12.7 Å². The summed E-state index contributed by atoms with van der Waals surface area (Å²) < 4.78 is 51.6. The molecule has 1 fully saturated rings. The van der Waals surface area contributed by atoms with E-state index in [1.807, 2.05) is 24.3 Å². The molecule has 0 bridgehead atoms. The van der Waals surface area contributed by atoms with E-state index in [2.05, 4.69) is 15.0 Å². The van der Waals surface area contributed by atoms with Crippen molar-refractivity contribution in [3.8, 4) is 5.75 Å². The van der Waals surface area contributed by atoms with E-state index in [0.29, 0.717) is 18.8 Å². The Morgan fingerprint density at radius 2 is 2.07 bits per heavy atom. The van der Waals surface area contributed by atoms with Gasteiger partial charge >= 0.3 is 6.18 Å². The molecule has 2 aromatic heterocycles. The fraction of sp³-hybridized carbons (Fsp3) is 0.429. The number of nitrogens with zero attached hydrogens (tertiary/aromatic N) is 3. The lowest BCUT2D eigenvalue weighted by Crippen LogP contribution is -2.34. The van der Waals surface area contributed by atoms with Crippen molar-refractivity contribution in [2.75, 3.05) is 20.2 Å². The van der Waals surface area contributed by atoms with Crippen molar-refractivity contribution in [1.29, 1.82) is 0 Å². The highest BCUT2D eigenvalue weighted by Gasteiger charge is 2.37. The van der Waals surface area contributed by atoms with Gasteiger partial charge in [-0.05, 0) is 38.4 Å². The van der Waals surface area contributed by atoms with E-state index in [0.717, 1.165) is 36.8 Å². The fourth-order valence-corrected chi connectivity index (χ4v) is 4.10. The van der Waals surface area contributed by atoms with E-state index in [4.69, 9.17) is 9.26 Å². The standard InChI is InChI=1S/C21H22F3N3O2/c1-13-10-16(21(22,23)24)18-19(26-29-20(18)25-13)15-7-5-9-27(12-15)11-14-6-3-4-8-17(14)28-2/h3-4,6,8,10,15H,5,7,9,11-12H2,1-2H3. The Kier molecular flexibility index (Phi) is 5.21. The number of hydrogen-bond donors (Lipinski definition) is 0. The first-order valence-electron chi connectivity index (χ1n) is 9.55. The topological polar surface area (TPSA) is 51.4 Å². The molecule has 0 saturated carbocycles. The maximum absolute atomic E-state index is 13.6. The SMILES string of the molecule is COc1ccccc1CN1CCCC(c2noc3nc(C)cc(C(F)(F)F)c23)C1. The van der Waals surface area contributed by atoms with Gasteiger partial charge in [0, 0.05) is 30.3 Å². The number of alkyl halides is 3. The van der Waals surface area contributed by atoms with Crippen molar-refractivity contribution in [2.45, 2.75) is 38.4 Å². The minimum absolute atomic E-state index is 0.00718. The second-order valence-electron chi connectivity index (χ2n) is 7.44. The molecule has 1 atom stereocenters. The highest BCUT2D eigenvalue weighted by atomic mass is 19.4. The number of aromatic nitrogens is 2.